The fourth-order valence-electron chi connectivity index (χ4n) is 3.78. The number of rotatable bonds is 6. The number of thioether (sulfide) groups is 1. The Hall–Kier alpha value is -0.120. The highest BCUT2D eigenvalue weighted by Gasteiger charge is 2.45. The van der Waals surface area contributed by atoms with E-state index in [1.807, 2.05) is 6.92 Å². The van der Waals surface area contributed by atoms with E-state index < -0.39 is 0 Å². The second-order valence-electron chi connectivity index (χ2n) is 6.97. The molecule has 3 heterocycles. The predicted octanol–water partition coefficient (Wildman–Crippen LogP) is 2.36. The molecular weight excluding hydrogens is 413 g/mol. The number of amides is 1. The molecule has 1 aromatic heterocycles. The molecule has 1 amide bonds. The number of aryl methyl sites for hydroxylation is 1. The van der Waals surface area contributed by atoms with E-state index in [0.717, 1.165) is 54.1 Å². The first kappa shape index (κ1) is 23.9. The van der Waals surface area contributed by atoms with E-state index in [9.17, 15) is 4.79 Å². The van der Waals surface area contributed by atoms with Crippen LogP contribution in [0.15, 0.2) is 4.34 Å². The van der Waals surface area contributed by atoms with Crippen LogP contribution in [0.3, 0.4) is 0 Å². The standard InChI is InChI=1S/C16H27N5OS2.2ClH/c1-12-19-20-15(24-12)23-9-3-6-18-14(22)13-10-16(11-21(13)2)4-7-17-8-5-16;;/h13,17H,3-11H2,1-2H3,(H,18,22);2*1H. The monoisotopic (exact) mass is 441 g/mol. The van der Waals surface area contributed by atoms with E-state index in [1.54, 1.807) is 23.1 Å². The summed E-state index contributed by atoms with van der Waals surface area (Å²) in [5, 5.41) is 15.7. The number of carbonyl (C=O) groups is 1. The average molecular weight is 442 g/mol. The molecule has 10 heteroatoms. The first-order valence-electron chi connectivity index (χ1n) is 8.70. The van der Waals surface area contributed by atoms with Gasteiger partial charge in [-0.3, -0.25) is 9.69 Å². The maximum atomic E-state index is 12.5. The van der Waals surface area contributed by atoms with Crippen molar-refractivity contribution in [3.63, 3.8) is 0 Å². The largest absolute Gasteiger partial charge is 0.355 e. The van der Waals surface area contributed by atoms with Gasteiger partial charge in [-0.15, -0.1) is 35.0 Å². The van der Waals surface area contributed by atoms with Crippen molar-refractivity contribution in [3.8, 4) is 0 Å². The smallest absolute Gasteiger partial charge is 0.237 e. The van der Waals surface area contributed by atoms with Crippen molar-refractivity contribution in [1.29, 1.82) is 0 Å². The topological polar surface area (TPSA) is 70.1 Å². The minimum absolute atomic E-state index is 0. The minimum Gasteiger partial charge on any atom is -0.355 e. The number of halogens is 2. The Kier molecular flexibility index (Phi) is 10.1. The molecule has 0 saturated carbocycles. The molecule has 2 fully saturated rings. The zero-order chi connectivity index (χ0) is 17.0. The number of nitrogens with zero attached hydrogens (tertiary/aromatic N) is 3. The molecule has 0 aliphatic carbocycles. The molecule has 2 N–H and O–H groups in total. The highest BCUT2D eigenvalue weighted by atomic mass is 35.5. The van der Waals surface area contributed by atoms with Gasteiger partial charge in [-0.25, -0.2) is 0 Å². The fraction of sp³-hybridized carbons (Fsp3) is 0.812. The zero-order valence-electron chi connectivity index (χ0n) is 15.3. The molecule has 3 rings (SSSR count). The third-order valence-electron chi connectivity index (χ3n) is 5.06. The second kappa shape index (κ2) is 11.0. The van der Waals surface area contributed by atoms with E-state index in [4.69, 9.17) is 0 Å². The molecule has 1 aromatic rings. The molecular formula is C16H29Cl2N5OS2. The molecule has 1 atom stereocenters. The number of carbonyl (C=O) groups excluding carboxylic acids is 1. The average Bonchev–Trinajstić information content (AvgIpc) is 3.11. The Balaban J connectivity index is 0.00000169. The summed E-state index contributed by atoms with van der Waals surface area (Å²) in [5.74, 6) is 1.16. The van der Waals surface area contributed by atoms with Crippen LogP contribution in [0.5, 0.6) is 0 Å². The molecule has 0 aromatic carbocycles. The number of piperidine rings is 1. The van der Waals surface area contributed by atoms with E-state index in [1.165, 1.54) is 12.8 Å². The van der Waals surface area contributed by atoms with Crippen LogP contribution in [0.2, 0.25) is 0 Å². The molecule has 26 heavy (non-hydrogen) atoms. The lowest BCUT2D eigenvalue weighted by Gasteiger charge is -2.33. The Labute approximate surface area is 176 Å². The number of likely N-dealkylation sites (N-methyl/N-ethyl adjacent to an activating group) is 1. The van der Waals surface area contributed by atoms with Gasteiger partial charge < -0.3 is 10.6 Å². The van der Waals surface area contributed by atoms with Crippen molar-refractivity contribution in [3.05, 3.63) is 5.01 Å². The Morgan fingerprint density at radius 2 is 2.12 bits per heavy atom. The van der Waals surface area contributed by atoms with Gasteiger partial charge >= 0.3 is 0 Å². The van der Waals surface area contributed by atoms with Crippen molar-refractivity contribution in [1.82, 2.24) is 25.7 Å². The lowest BCUT2D eigenvalue weighted by Crippen LogP contribution is -2.41. The summed E-state index contributed by atoms with van der Waals surface area (Å²) in [7, 11) is 2.09. The van der Waals surface area contributed by atoms with E-state index in [-0.39, 0.29) is 36.8 Å². The summed E-state index contributed by atoms with van der Waals surface area (Å²) >= 11 is 3.35. The molecule has 1 spiro atoms. The lowest BCUT2D eigenvalue weighted by molar-refractivity contribution is -0.125. The minimum atomic E-state index is 0. The van der Waals surface area contributed by atoms with Gasteiger partial charge in [-0.2, -0.15) is 0 Å². The number of nitrogens with one attached hydrogen (secondary N) is 2. The maximum absolute atomic E-state index is 12.5. The third-order valence-corrected chi connectivity index (χ3v) is 7.12. The normalized spacial score (nSPS) is 21.8. The molecule has 1 unspecified atom stereocenters. The zero-order valence-corrected chi connectivity index (χ0v) is 18.6. The number of likely N-dealkylation sites (tertiary alicyclic amines) is 1. The molecule has 2 aliphatic rings. The van der Waals surface area contributed by atoms with Crippen LogP contribution in [0, 0.1) is 12.3 Å². The van der Waals surface area contributed by atoms with Crippen LogP contribution >= 0.6 is 47.9 Å². The van der Waals surface area contributed by atoms with Gasteiger partial charge in [0, 0.05) is 18.8 Å². The summed E-state index contributed by atoms with van der Waals surface area (Å²) in [6.07, 6.45) is 4.36. The van der Waals surface area contributed by atoms with E-state index in [0.29, 0.717) is 5.41 Å². The van der Waals surface area contributed by atoms with Crippen molar-refractivity contribution in [2.45, 2.75) is 43.0 Å². The fourth-order valence-corrected chi connectivity index (χ4v) is 5.61. The molecule has 6 nitrogen and oxygen atoms in total. The highest BCUT2D eigenvalue weighted by Crippen LogP contribution is 2.41. The van der Waals surface area contributed by atoms with Crippen molar-refractivity contribution >= 4 is 53.8 Å². The van der Waals surface area contributed by atoms with Crippen LogP contribution in [0.4, 0.5) is 0 Å². The predicted molar refractivity (Wildman–Crippen MR) is 113 cm³/mol. The van der Waals surface area contributed by atoms with Crippen LogP contribution in [0.1, 0.15) is 30.7 Å². The van der Waals surface area contributed by atoms with Crippen LogP contribution in [0.25, 0.3) is 0 Å². The maximum Gasteiger partial charge on any atom is 0.237 e. The van der Waals surface area contributed by atoms with Gasteiger partial charge in [-0.05, 0) is 58.2 Å². The molecule has 150 valence electrons. The van der Waals surface area contributed by atoms with Gasteiger partial charge in [-0.1, -0.05) is 23.1 Å². The van der Waals surface area contributed by atoms with Gasteiger partial charge in [0.25, 0.3) is 0 Å². The Morgan fingerprint density at radius 3 is 2.77 bits per heavy atom. The summed E-state index contributed by atoms with van der Waals surface area (Å²) in [5.41, 5.74) is 0.355. The number of hydrogen-bond donors (Lipinski definition) is 2. The van der Waals surface area contributed by atoms with Gasteiger partial charge in [0.05, 0.1) is 6.04 Å². The number of aromatic nitrogens is 2. The van der Waals surface area contributed by atoms with Crippen molar-refractivity contribution in [2.75, 3.05) is 39.0 Å². The first-order valence-corrected chi connectivity index (χ1v) is 10.5. The van der Waals surface area contributed by atoms with Gasteiger partial charge in [0.2, 0.25) is 5.91 Å². The van der Waals surface area contributed by atoms with Gasteiger partial charge in [0.15, 0.2) is 4.34 Å². The summed E-state index contributed by atoms with van der Waals surface area (Å²) in [4.78, 5) is 14.8. The molecule has 0 bridgehead atoms. The molecule has 2 aliphatic heterocycles. The molecule has 2 saturated heterocycles. The lowest BCUT2D eigenvalue weighted by atomic mass is 9.77. The summed E-state index contributed by atoms with van der Waals surface area (Å²) in [6.45, 7) is 5.94. The highest BCUT2D eigenvalue weighted by molar-refractivity contribution is 8.01. The second-order valence-corrected chi connectivity index (χ2v) is 9.49. The Bertz CT molecular complexity index is 569. The SMILES string of the molecule is Cc1nnc(SCCCNC(=O)C2CC3(CCNCC3)CN2C)s1.Cl.Cl. The van der Waals surface area contributed by atoms with E-state index >= 15 is 0 Å². The van der Waals surface area contributed by atoms with Crippen molar-refractivity contribution in [2.24, 2.45) is 5.41 Å². The molecule has 0 radical (unpaired) electrons. The summed E-state index contributed by atoms with van der Waals surface area (Å²) < 4.78 is 1.02. The van der Waals surface area contributed by atoms with Crippen LogP contribution < -0.4 is 10.6 Å². The first-order chi connectivity index (χ1) is 11.6. The van der Waals surface area contributed by atoms with Crippen LogP contribution in [-0.2, 0) is 4.79 Å². The Morgan fingerprint density at radius 1 is 1.38 bits per heavy atom. The quantitative estimate of drug-likeness (QED) is 0.521. The third kappa shape index (κ3) is 6.21. The number of hydrogen-bond acceptors (Lipinski definition) is 7. The van der Waals surface area contributed by atoms with Gasteiger partial charge in [0.1, 0.15) is 5.01 Å². The van der Waals surface area contributed by atoms with Crippen molar-refractivity contribution < 1.29 is 4.79 Å². The summed E-state index contributed by atoms with van der Waals surface area (Å²) in [6, 6.07) is 0.0431. The van der Waals surface area contributed by atoms with E-state index in [2.05, 4.69) is 32.8 Å². The van der Waals surface area contributed by atoms with Crippen LogP contribution in [-0.4, -0.2) is 66.0 Å².